The molecule has 7 nitrogen and oxygen atoms in total. The van der Waals surface area contributed by atoms with Gasteiger partial charge in [0.15, 0.2) is 11.5 Å². The number of benzene rings is 1. The average molecular weight is 282 g/mol. The lowest BCUT2D eigenvalue weighted by atomic mass is 10.0. The Bertz CT molecular complexity index is 512. The first-order valence-electron chi connectivity index (χ1n) is 6.25. The molecule has 0 saturated carbocycles. The molecule has 1 aromatic rings. The summed E-state index contributed by atoms with van der Waals surface area (Å²) in [5, 5.41) is 14.4. The van der Waals surface area contributed by atoms with Crippen molar-refractivity contribution in [3.05, 3.63) is 22.2 Å². The van der Waals surface area contributed by atoms with Gasteiger partial charge in [-0.05, 0) is 13.3 Å². The van der Waals surface area contributed by atoms with E-state index >= 15 is 0 Å². The molecule has 1 unspecified atom stereocenters. The summed E-state index contributed by atoms with van der Waals surface area (Å²) in [5.74, 6) is 0.778. The lowest BCUT2D eigenvalue weighted by molar-refractivity contribution is -0.384. The molecule has 1 saturated heterocycles. The van der Waals surface area contributed by atoms with E-state index < -0.39 is 4.92 Å². The maximum absolute atomic E-state index is 11.2. The van der Waals surface area contributed by atoms with Crippen molar-refractivity contribution in [3.63, 3.8) is 0 Å². The molecule has 110 valence electrons. The zero-order valence-corrected chi connectivity index (χ0v) is 11.8. The van der Waals surface area contributed by atoms with Crippen LogP contribution in [0.2, 0.25) is 0 Å². The Hall–Kier alpha value is -2.02. The monoisotopic (exact) mass is 282 g/mol. The van der Waals surface area contributed by atoms with E-state index in [1.807, 2.05) is 6.92 Å². The van der Waals surface area contributed by atoms with Crippen LogP contribution >= 0.6 is 0 Å². The Kier molecular flexibility index (Phi) is 3.99. The summed E-state index contributed by atoms with van der Waals surface area (Å²) in [6, 6.07) is 2.95. The van der Waals surface area contributed by atoms with Crippen LogP contribution < -0.4 is 14.8 Å². The van der Waals surface area contributed by atoms with Gasteiger partial charge in [-0.25, -0.2) is 0 Å². The summed E-state index contributed by atoms with van der Waals surface area (Å²) in [4.78, 5) is 10.8. The maximum Gasteiger partial charge on any atom is 0.296 e. The number of hydrogen-bond acceptors (Lipinski definition) is 6. The molecule has 1 aliphatic heterocycles. The van der Waals surface area contributed by atoms with E-state index in [0.717, 1.165) is 6.42 Å². The van der Waals surface area contributed by atoms with Gasteiger partial charge in [-0.1, -0.05) is 0 Å². The third-order valence-electron chi connectivity index (χ3n) is 3.35. The molecule has 1 atom stereocenters. The van der Waals surface area contributed by atoms with Crippen LogP contribution in [0.5, 0.6) is 11.5 Å². The van der Waals surface area contributed by atoms with Crippen LogP contribution in [0.25, 0.3) is 0 Å². The van der Waals surface area contributed by atoms with E-state index in [2.05, 4.69) is 5.32 Å². The Morgan fingerprint density at radius 3 is 2.50 bits per heavy atom. The number of nitro groups is 1. The van der Waals surface area contributed by atoms with Gasteiger partial charge in [0, 0.05) is 12.7 Å². The number of anilines is 1. The highest BCUT2D eigenvalue weighted by Crippen LogP contribution is 2.39. The second-order valence-electron chi connectivity index (χ2n) is 4.97. The van der Waals surface area contributed by atoms with E-state index in [0.29, 0.717) is 30.4 Å². The number of rotatable bonds is 5. The van der Waals surface area contributed by atoms with Crippen molar-refractivity contribution < 1.29 is 19.1 Å². The zero-order chi connectivity index (χ0) is 14.8. The molecule has 0 bridgehead atoms. The molecule has 0 aliphatic carbocycles. The molecule has 1 aromatic carbocycles. The second-order valence-corrected chi connectivity index (χ2v) is 4.97. The van der Waals surface area contributed by atoms with E-state index in [1.165, 1.54) is 20.3 Å². The molecular formula is C13H18N2O5. The molecule has 1 aliphatic rings. The van der Waals surface area contributed by atoms with Crippen molar-refractivity contribution in [3.8, 4) is 11.5 Å². The highest BCUT2D eigenvalue weighted by Gasteiger charge is 2.32. The predicted molar refractivity (Wildman–Crippen MR) is 73.7 cm³/mol. The van der Waals surface area contributed by atoms with Crippen molar-refractivity contribution in [1.82, 2.24) is 0 Å². The molecule has 1 heterocycles. The van der Waals surface area contributed by atoms with Crippen LogP contribution in [0.3, 0.4) is 0 Å². The van der Waals surface area contributed by atoms with E-state index in [9.17, 15) is 10.1 Å². The third-order valence-corrected chi connectivity index (χ3v) is 3.35. The summed E-state index contributed by atoms with van der Waals surface area (Å²) >= 11 is 0. The van der Waals surface area contributed by atoms with Gasteiger partial charge in [0.25, 0.3) is 5.69 Å². The summed E-state index contributed by atoms with van der Waals surface area (Å²) in [5.41, 5.74) is 0.0427. The minimum Gasteiger partial charge on any atom is -0.493 e. The SMILES string of the molecule is COc1cc(NC2(C)CCOC2)c([N+](=O)[O-])cc1OC. The molecule has 1 fully saturated rings. The molecule has 7 heteroatoms. The lowest BCUT2D eigenvalue weighted by Crippen LogP contribution is -2.35. The van der Waals surface area contributed by atoms with E-state index in [4.69, 9.17) is 14.2 Å². The fourth-order valence-electron chi connectivity index (χ4n) is 2.21. The third kappa shape index (κ3) is 2.77. The van der Waals surface area contributed by atoms with Crippen LogP contribution in [0, 0.1) is 10.1 Å². The Morgan fingerprint density at radius 2 is 2.00 bits per heavy atom. The lowest BCUT2D eigenvalue weighted by Gasteiger charge is -2.25. The second kappa shape index (κ2) is 5.54. The minimum absolute atomic E-state index is 0.0456. The van der Waals surface area contributed by atoms with Gasteiger partial charge in [-0.2, -0.15) is 0 Å². The van der Waals surface area contributed by atoms with E-state index in [-0.39, 0.29) is 11.2 Å². The highest BCUT2D eigenvalue weighted by molar-refractivity contribution is 5.69. The van der Waals surface area contributed by atoms with Gasteiger partial charge < -0.3 is 19.5 Å². The first kappa shape index (κ1) is 14.4. The number of ether oxygens (including phenoxy) is 3. The van der Waals surface area contributed by atoms with Crippen LogP contribution in [0.4, 0.5) is 11.4 Å². The first-order chi connectivity index (χ1) is 9.49. The van der Waals surface area contributed by atoms with Crippen molar-refractivity contribution in [2.75, 3.05) is 32.8 Å². The first-order valence-corrected chi connectivity index (χ1v) is 6.25. The molecule has 0 spiro atoms. The minimum atomic E-state index is -0.441. The van der Waals surface area contributed by atoms with Crippen molar-refractivity contribution in [1.29, 1.82) is 0 Å². The Balaban J connectivity index is 2.41. The largest absolute Gasteiger partial charge is 0.493 e. The number of hydrogen-bond donors (Lipinski definition) is 1. The summed E-state index contributed by atoms with van der Waals surface area (Å²) in [6.07, 6.45) is 0.790. The van der Waals surface area contributed by atoms with Gasteiger partial charge in [0.05, 0.1) is 37.4 Å². The van der Waals surface area contributed by atoms with Crippen molar-refractivity contribution in [2.24, 2.45) is 0 Å². The topological polar surface area (TPSA) is 82.9 Å². The number of nitrogens with one attached hydrogen (secondary N) is 1. The highest BCUT2D eigenvalue weighted by atomic mass is 16.6. The molecule has 0 radical (unpaired) electrons. The fraction of sp³-hybridized carbons (Fsp3) is 0.538. The van der Waals surface area contributed by atoms with Gasteiger partial charge in [-0.3, -0.25) is 10.1 Å². The van der Waals surface area contributed by atoms with Crippen LogP contribution in [0.15, 0.2) is 12.1 Å². The van der Waals surface area contributed by atoms with Crippen LogP contribution in [-0.2, 0) is 4.74 Å². The van der Waals surface area contributed by atoms with Gasteiger partial charge >= 0.3 is 0 Å². The molecule has 0 aromatic heterocycles. The smallest absolute Gasteiger partial charge is 0.296 e. The standard InChI is InChI=1S/C13H18N2O5/c1-13(4-5-20-8-13)14-9-6-11(18-2)12(19-3)7-10(9)15(16)17/h6-7,14H,4-5,8H2,1-3H3. The van der Waals surface area contributed by atoms with E-state index in [1.54, 1.807) is 6.07 Å². The van der Waals surface area contributed by atoms with Crippen LogP contribution in [0.1, 0.15) is 13.3 Å². The average Bonchev–Trinajstić information content (AvgIpc) is 2.84. The Morgan fingerprint density at radius 1 is 1.35 bits per heavy atom. The van der Waals surface area contributed by atoms with Gasteiger partial charge in [-0.15, -0.1) is 0 Å². The predicted octanol–water partition coefficient (Wildman–Crippen LogP) is 2.20. The van der Waals surface area contributed by atoms with Crippen LogP contribution in [-0.4, -0.2) is 37.9 Å². The van der Waals surface area contributed by atoms with Gasteiger partial charge in [0.1, 0.15) is 5.69 Å². The summed E-state index contributed by atoms with van der Waals surface area (Å²) < 4.78 is 15.6. The fourth-order valence-corrected chi connectivity index (χ4v) is 2.21. The molecule has 20 heavy (non-hydrogen) atoms. The quantitative estimate of drug-likeness (QED) is 0.658. The normalized spacial score (nSPS) is 21.6. The molecule has 2 rings (SSSR count). The Labute approximate surface area is 117 Å². The number of nitro benzene ring substituents is 1. The maximum atomic E-state index is 11.2. The van der Waals surface area contributed by atoms with Crippen molar-refractivity contribution >= 4 is 11.4 Å². The summed E-state index contributed by atoms with van der Waals surface area (Å²) in [6.45, 7) is 3.13. The van der Waals surface area contributed by atoms with Crippen molar-refractivity contribution in [2.45, 2.75) is 18.9 Å². The summed E-state index contributed by atoms with van der Waals surface area (Å²) in [7, 11) is 2.94. The number of methoxy groups -OCH3 is 2. The zero-order valence-electron chi connectivity index (χ0n) is 11.8. The molecule has 1 N–H and O–H groups in total. The molecular weight excluding hydrogens is 264 g/mol. The van der Waals surface area contributed by atoms with Gasteiger partial charge in [0.2, 0.25) is 0 Å². The molecule has 0 amide bonds. The number of nitrogens with zero attached hydrogens (tertiary/aromatic N) is 1.